The van der Waals surface area contributed by atoms with E-state index >= 15 is 0 Å². The maximum absolute atomic E-state index is 11.8. The Kier molecular flexibility index (Phi) is 4.41. The molecule has 2 aromatic carbocycles. The Hall–Kier alpha value is -2.73. The number of hydrogen-bond acceptors (Lipinski definition) is 5. The van der Waals surface area contributed by atoms with Crippen LogP contribution in [0, 0.1) is 0 Å². The SMILES string of the molecule is O=C(COc1ccccc1-c1ccccc1)Nc1nncs1. The van der Waals surface area contributed by atoms with Crippen molar-refractivity contribution >= 4 is 22.4 Å². The Morgan fingerprint density at radius 1 is 1.09 bits per heavy atom. The summed E-state index contributed by atoms with van der Waals surface area (Å²) in [5.74, 6) is 0.403. The number of carbonyl (C=O) groups is 1. The second-order valence-electron chi connectivity index (χ2n) is 4.44. The van der Waals surface area contributed by atoms with Crippen molar-refractivity contribution in [3.8, 4) is 16.9 Å². The fraction of sp³-hybridized carbons (Fsp3) is 0.0625. The summed E-state index contributed by atoms with van der Waals surface area (Å²) < 4.78 is 5.65. The van der Waals surface area contributed by atoms with Crippen molar-refractivity contribution in [3.63, 3.8) is 0 Å². The lowest BCUT2D eigenvalue weighted by Gasteiger charge is -2.11. The molecule has 0 aliphatic heterocycles. The highest BCUT2D eigenvalue weighted by molar-refractivity contribution is 7.13. The van der Waals surface area contributed by atoms with Crippen LogP contribution in [0.5, 0.6) is 5.75 Å². The molecule has 0 saturated heterocycles. The predicted molar refractivity (Wildman–Crippen MR) is 85.9 cm³/mol. The Balaban J connectivity index is 1.69. The standard InChI is InChI=1S/C16H13N3O2S/c20-15(18-16-19-17-11-22-16)10-21-14-9-5-4-8-13(14)12-6-2-1-3-7-12/h1-9,11H,10H2,(H,18,19,20). The normalized spacial score (nSPS) is 10.2. The lowest BCUT2D eigenvalue weighted by molar-refractivity contribution is -0.118. The first-order chi connectivity index (χ1) is 10.8. The first-order valence-electron chi connectivity index (χ1n) is 6.66. The second kappa shape index (κ2) is 6.82. The van der Waals surface area contributed by atoms with E-state index in [0.29, 0.717) is 10.9 Å². The molecule has 3 rings (SSSR count). The molecule has 1 heterocycles. The zero-order chi connectivity index (χ0) is 15.2. The second-order valence-corrected chi connectivity index (χ2v) is 5.28. The summed E-state index contributed by atoms with van der Waals surface area (Å²) >= 11 is 1.26. The number of hydrogen-bond donors (Lipinski definition) is 1. The van der Waals surface area contributed by atoms with Crippen molar-refractivity contribution in [2.24, 2.45) is 0 Å². The molecule has 6 heteroatoms. The monoisotopic (exact) mass is 311 g/mol. The van der Waals surface area contributed by atoms with Gasteiger partial charge in [-0.1, -0.05) is 59.9 Å². The highest BCUT2D eigenvalue weighted by Crippen LogP contribution is 2.29. The Labute approximate surface area is 131 Å². The maximum atomic E-state index is 11.8. The molecule has 0 aliphatic carbocycles. The molecular weight excluding hydrogens is 298 g/mol. The van der Waals surface area contributed by atoms with Gasteiger partial charge in [0.2, 0.25) is 5.13 Å². The summed E-state index contributed by atoms with van der Waals surface area (Å²) in [4.78, 5) is 11.8. The number of nitrogens with one attached hydrogen (secondary N) is 1. The molecule has 110 valence electrons. The van der Waals surface area contributed by atoms with Crippen molar-refractivity contribution in [2.75, 3.05) is 11.9 Å². The Morgan fingerprint density at radius 3 is 2.64 bits per heavy atom. The minimum Gasteiger partial charge on any atom is -0.483 e. The molecular formula is C16H13N3O2S. The van der Waals surface area contributed by atoms with Gasteiger partial charge in [-0.3, -0.25) is 10.1 Å². The van der Waals surface area contributed by atoms with Crippen LogP contribution in [0.4, 0.5) is 5.13 Å². The van der Waals surface area contributed by atoms with E-state index in [2.05, 4.69) is 15.5 Å². The van der Waals surface area contributed by atoms with Crippen LogP contribution in [0.1, 0.15) is 0 Å². The van der Waals surface area contributed by atoms with Crippen molar-refractivity contribution in [1.29, 1.82) is 0 Å². The van der Waals surface area contributed by atoms with Gasteiger partial charge in [0, 0.05) is 5.56 Å². The molecule has 0 fully saturated rings. The molecule has 0 atom stereocenters. The van der Waals surface area contributed by atoms with Gasteiger partial charge in [0.1, 0.15) is 11.3 Å². The van der Waals surface area contributed by atoms with Gasteiger partial charge in [-0.15, -0.1) is 10.2 Å². The number of anilines is 1. The van der Waals surface area contributed by atoms with Gasteiger partial charge in [0.05, 0.1) is 0 Å². The van der Waals surface area contributed by atoms with Gasteiger partial charge in [-0.2, -0.15) is 0 Å². The minimum atomic E-state index is -0.264. The minimum absolute atomic E-state index is 0.0799. The number of para-hydroxylation sites is 1. The van der Waals surface area contributed by atoms with Crippen molar-refractivity contribution in [2.45, 2.75) is 0 Å². The third-order valence-corrected chi connectivity index (χ3v) is 3.54. The lowest BCUT2D eigenvalue weighted by atomic mass is 10.1. The van der Waals surface area contributed by atoms with Gasteiger partial charge in [-0.25, -0.2) is 0 Å². The number of ether oxygens (including phenoxy) is 1. The Bertz CT molecular complexity index is 745. The number of aromatic nitrogens is 2. The van der Waals surface area contributed by atoms with Crippen molar-refractivity contribution in [1.82, 2.24) is 10.2 Å². The molecule has 0 unspecified atom stereocenters. The molecule has 0 aliphatic rings. The van der Waals surface area contributed by atoms with E-state index in [1.807, 2.05) is 54.6 Å². The topological polar surface area (TPSA) is 64.1 Å². The Morgan fingerprint density at radius 2 is 1.86 bits per heavy atom. The molecule has 22 heavy (non-hydrogen) atoms. The average Bonchev–Trinajstić information content (AvgIpc) is 3.07. The van der Waals surface area contributed by atoms with Gasteiger partial charge in [0.25, 0.3) is 5.91 Å². The van der Waals surface area contributed by atoms with Crippen molar-refractivity contribution in [3.05, 3.63) is 60.1 Å². The van der Waals surface area contributed by atoms with E-state index in [1.54, 1.807) is 5.51 Å². The van der Waals surface area contributed by atoms with Crippen LogP contribution in [-0.4, -0.2) is 22.7 Å². The summed E-state index contributed by atoms with van der Waals surface area (Å²) in [6, 6.07) is 17.5. The van der Waals surface area contributed by atoms with E-state index in [4.69, 9.17) is 4.74 Å². The van der Waals surface area contributed by atoms with Crippen LogP contribution < -0.4 is 10.1 Å². The van der Waals surface area contributed by atoms with Gasteiger partial charge >= 0.3 is 0 Å². The molecule has 5 nitrogen and oxygen atoms in total. The number of rotatable bonds is 5. The number of nitrogens with zero attached hydrogens (tertiary/aromatic N) is 2. The fourth-order valence-corrected chi connectivity index (χ4v) is 2.44. The highest BCUT2D eigenvalue weighted by Gasteiger charge is 2.09. The predicted octanol–water partition coefficient (Wildman–Crippen LogP) is 3.22. The van der Waals surface area contributed by atoms with Crippen LogP contribution in [0.3, 0.4) is 0 Å². The molecule has 0 bridgehead atoms. The maximum Gasteiger partial charge on any atom is 0.264 e. The van der Waals surface area contributed by atoms with E-state index < -0.39 is 0 Å². The molecule has 0 spiro atoms. The summed E-state index contributed by atoms with van der Waals surface area (Å²) in [5, 5.41) is 10.5. The molecule has 0 saturated carbocycles. The van der Waals surface area contributed by atoms with E-state index in [-0.39, 0.29) is 12.5 Å². The zero-order valence-corrected chi connectivity index (χ0v) is 12.4. The smallest absolute Gasteiger partial charge is 0.264 e. The van der Waals surface area contributed by atoms with Gasteiger partial charge in [0.15, 0.2) is 6.61 Å². The molecule has 1 aromatic heterocycles. The number of benzene rings is 2. The quantitative estimate of drug-likeness (QED) is 0.786. The average molecular weight is 311 g/mol. The molecule has 1 N–H and O–H groups in total. The van der Waals surface area contributed by atoms with Crippen LogP contribution in [-0.2, 0) is 4.79 Å². The summed E-state index contributed by atoms with van der Waals surface area (Å²) in [6.45, 7) is -0.0799. The first-order valence-corrected chi connectivity index (χ1v) is 7.54. The van der Waals surface area contributed by atoms with E-state index in [1.165, 1.54) is 11.3 Å². The van der Waals surface area contributed by atoms with Crippen LogP contribution >= 0.6 is 11.3 Å². The summed E-state index contributed by atoms with van der Waals surface area (Å²) in [6.07, 6.45) is 0. The third kappa shape index (κ3) is 3.48. The number of amides is 1. The highest BCUT2D eigenvalue weighted by atomic mass is 32.1. The molecule has 3 aromatic rings. The first kappa shape index (κ1) is 14.2. The fourth-order valence-electron chi connectivity index (χ4n) is 1.97. The van der Waals surface area contributed by atoms with Crippen LogP contribution in [0.15, 0.2) is 60.1 Å². The lowest BCUT2D eigenvalue weighted by Crippen LogP contribution is -2.20. The van der Waals surface area contributed by atoms with E-state index in [9.17, 15) is 4.79 Å². The number of carbonyl (C=O) groups excluding carboxylic acids is 1. The molecule has 1 amide bonds. The van der Waals surface area contributed by atoms with Crippen LogP contribution in [0.25, 0.3) is 11.1 Å². The summed E-state index contributed by atoms with van der Waals surface area (Å²) in [5.41, 5.74) is 3.55. The van der Waals surface area contributed by atoms with Gasteiger partial charge < -0.3 is 4.74 Å². The van der Waals surface area contributed by atoms with Crippen LogP contribution in [0.2, 0.25) is 0 Å². The molecule has 0 radical (unpaired) electrons. The summed E-state index contributed by atoms with van der Waals surface area (Å²) in [7, 11) is 0. The van der Waals surface area contributed by atoms with E-state index in [0.717, 1.165) is 11.1 Å². The zero-order valence-electron chi connectivity index (χ0n) is 11.6. The third-order valence-electron chi connectivity index (χ3n) is 2.94. The largest absolute Gasteiger partial charge is 0.483 e. The van der Waals surface area contributed by atoms with Gasteiger partial charge in [-0.05, 0) is 11.6 Å². The van der Waals surface area contributed by atoms with Crippen molar-refractivity contribution < 1.29 is 9.53 Å².